The standard InChI is InChI=1S/C14H12F3NO/c15-14(16,17)13-7-2-1-4-10(13)9-19-12-6-3-5-11(18)8-12/h1-8H,9,18H2. The van der Waals surface area contributed by atoms with E-state index < -0.39 is 11.7 Å². The normalized spacial score (nSPS) is 11.3. The third-order valence-electron chi connectivity index (χ3n) is 2.58. The van der Waals surface area contributed by atoms with E-state index >= 15 is 0 Å². The summed E-state index contributed by atoms with van der Waals surface area (Å²) in [4.78, 5) is 0. The summed E-state index contributed by atoms with van der Waals surface area (Å²) in [5.41, 5.74) is 5.48. The fourth-order valence-electron chi connectivity index (χ4n) is 1.69. The van der Waals surface area contributed by atoms with Crippen molar-refractivity contribution in [2.45, 2.75) is 12.8 Å². The largest absolute Gasteiger partial charge is 0.489 e. The summed E-state index contributed by atoms with van der Waals surface area (Å²) in [6, 6.07) is 11.9. The third-order valence-corrected chi connectivity index (χ3v) is 2.58. The van der Waals surface area contributed by atoms with Gasteiger partial charge in [0.15, 0.2) is 0 Å². The van der Waals surface area contributed by atoms with Gasteiger partial charge >= 0.3 is 6.18 Å². The molecule has 0 aliphatic rings. The smallest absolute Gasteiger partial charge is 0.416 e. The molecule has 100 valence electrons. The number of hydrogen-bond donors (Lipinski definition) is 1. The quantitative estimate of drug-likeness (QED) is 0.857. The number of nitrogens with two attached hydrogens (primary N) is 1. The molecule has 2 N–H and O–H groups in total. The lowest BCUT2D eigenvalue weighted by Gasteiger charge is -2.13. The van der Waals surface area contributed by atoms with E-state index in [1.54, 1.807) is 30.3 Å². The Balaban J connectivity index is 2.16. The molecular weight excluding hydrogens is 255 g/mol. The molecule has 0 saturated heterocycles. The van der Waals surface area contributed by atoms with Crippen LogP contribution in [0.15, 0.2) is 48.5 Å². The highest BCUT2D eigenvalue weighted by Gasteiger charge is 2.32. The van der Waals surface area contributed by atoms with Gasteiger partial charge in [-0.2, -0.15) is 13.2 Å². The Kier molecular flexibility index (Phi) is 3.64. The van der Waals surface area contributed by atoms with E-state index in [4.69, 9.17) is 10.5 Å². The number of anilines is 1. The minimum Gasteiger partial charge on any atom is -0.489 e. The SMILES string of the molecule is Nc1cccc(OCc2ccccc2C(F)(F)F)c1. The molecule has 0 aliphatic heterocycles. The fourth-order valence-corrected chi connectivity index (χ4v) is 1.69. The number of alkyl halides is 3. The molecule has 2 aromatic carbocycles. The molecule has 0 radical (unpaired) electrons. The van der Waals surface area contributed by atoms with E-state index in [0.717, 1.165) is 6.07 Å². The van der Waals surface area contributed by atoms with Crippen molar-refractivity contribution >= 4 is 5.69 Å². The second-order valence-electron chi connectivity index (χ2n) is 4.02. The van der Waals surface area contributed by atoms with Crippen molar-refractivity contribution in [1.29, 1.82) is 0 Å². The molecule has 0 heterocycles. The van der Waals surface area contributed by atoms with Gasteiger partial charge in [-0.25, -0.2) is 0 Å². The van der Waals surface area contributed by atoms with Crippen LogP contribution >= 0.6 is 0 Å². The maximum Gasteiger partial charge on any atom is 0.416 e. The molecule has 5 heteroatoms. The van der Waals surface area contributed by atoms with Gasteiger partial charge in [-0.3, -0.25) is 0 Å². The summed E-state index contributed by atoms with van der Waals surface area (Å²) in [6.07, 6.45) is -4.38. The summed E-state index contributed by atoms with van der Waals surface area (Å²) in [5, 5.41) is 0. The van der Waals surface area contributed by atoms with Crippen LogP contribution in [0.25, 0.3) is 0 Å². The van der Waals surface area contributed by atoms with Gasteiger partial charge in [0.1, 0.15) is 12.4 Å². The van der Waals surface area contributed by atoms with E-state index in [1.165, 1.54) is 12.1 Å². The zero-order chi connectivity index (χ0) is 13.9. The second kappa shape index (κ2) is 5.22. The van der Waals surface area contributed by atoms with Gasteiger partial charge < -0.3 is 10.5 Å². The average Bonchev–Trinajstić information content (AvgIpc) is 2.36. The van der Waals surface area contributed by atoms with Crippen LogP contribution < -0.4 is 10.5 Å². The van der Waals surface area contributed by atoms with Gasteiger partial charge in [0.25, 0.3) is 0 Å². The van der Waals surface area contributed by atoms with Crippen LogP contribution in [0.2, 0.25) is 0 Å². The average molecular weight is 267 g/mol. The number of ether oxygens (including phenoxy) is 1. The van der Waals surface area contributed by atoms with Crippen molar-refractivity contribution in [2.24, 2.45) is 0 Å². The van der Waals surface area contributed by atoms with E-state index in [2.05, 4.69) is 0 Å². The van der Waals surface area contributed by atoms with Gasteiger partial charge in [-0.15, -0.1) is 0 Å². The highest BCUT2D eigenvalue weighted by atomic mass is 19.4. The molecule has 2 aromatic rings. The number of rotatable bonds is 3. The molecule has 0 fully saturated rings. The van der Waals surface area contributed by atoms with E-state index in [9.17, 15) is 13.2 Å². The van der Waals surface area contributed by atoms with E-state index in [-0.39, 0.29) is 12.2 Å². The second-order valence-corrected chi connectivity index (χ2v) is 4.02. The Labute approximate surface area is 108 Å². The van der Waals surface area contributed by atoms with E-state index in [1.807, 2.05) is 0 Å². The van der Waals surface area contributed by atoms with Crippen LogP contribution in [-0.2, 0) is 12.8 Å². The molecular formula is C14H12F3NO. The van der Waals surface area contributed by atoms with Crippen molar-refractivity contribution < 1.29 is 17.9 Å². The summed E-state index contributed by atoms with van der Waals surface area (Å²) >= 11 is 0. The predicted octanol–water partition coefficient (Wildman–Crippen LogP) is 3.87. The lowest BCUT2D eigenvalue weighted by molar-refractivity contribution is -0.138. The first-order valence-electron chi connectivity index (χ1n) is 5.60. The molecule has 0 amide bonds. The molecule has 0 atom stereocenters. The van der Waals surface area contributed by atoms with Gasteiger partial charge in [-0.1, -0.05) is 24.3 Å². The molecule has 0 unspecified atom stereocenters. The Morgan fingerprint density at radius 3 is 2.42 bits per heavy atom. The number of benzene rings is 2. The Bertz CT molecular complexity index is 567. The molecule has 0 saturated carbocycles. The van der Waals surface area contributed by atoms with Gasteiger partial charge in [0.2, 0.25) is 0 Å². The van der Waals surface area contributed by atoms with Crippen LogP contribution in [0.5, 0.6) is 5.75 Å². The van der Waals surface area contributed by atoms with Gasteiger partial charge in [0, 0.05) is 17.3 Å². The lowest BCUT2D eigenvalue weighted by Crippen LogP contribution is -2.10. The topological polar surface area (TPSA) is 35.2 Å². The van der Waals surface area contributed by atoms with Crippen LogP contribution in [0.4, 0.5) is 18.9 Å². The zero-order valence-electron chi connectivity index (χ0n) is 9.95. The maximum absolute atomic E-state index is 12.8. The van der Waals surface area contributed by atoms with Crippen molar-refractivity contribution in [2.75, 3.05) is 5.73 Å². The predicted molar refractivity (Wildman–Crippen MR) is 66.6 cm³/mol. The molecule has 2 rings (SSSR count). The number of halogens is 3. The van der Waals surface area contributed by atoms with E-state index in [0.29, 0.717) is 11.4 Å². The summed E-state index contributed by atoms with van der Waals surface area (Å²) in [7, 11) is 0. The molecule has 0 aromatic heterocycles. The Hall–Kier alpha value is -2.17. The first kappa shape index (κ1) is 13.3. The van der Waals surface area contributed by atoms with Crippen molar-refractivity contribution in [1.82, 2.24) is 0 Å². The van der Waals surface area contributed by atoms with Crippen molar-refractivity contribution in [3.8, 4) is 5.75 Å². The number of hydrogen-bond acceptors (Lipinski definition) is 2. The zero-order valence-corrected chi connectivity index (χ0v) is 9.95. The van der Waals surface area contributed by atoms with Gasteiger partial charge in [-0.05, 0) is 18.2 Å². The molecule has 0 aliphatic carbocycles. The molecule has 0 bridgehead atoms. The maximum atomic E-state index is 12.8. The van der Waals surface area contributed by atoms with Crippen LogP contribution in [0, 0.1) is 0 Å². The van der Waals surface area contributed by atoms with Crippen LogP contribution in [0.1, 0.15) is 11.1 Å². The fraction of sp³-hybridized carbons (Fsp3) is 0.143. The summed E-state index contributed by atoms with van der Waals surface area (Å²) in [5.74, 6) is 0.442. The first-order valence-corrected chi connectivity index (χ1v) is 5.60. The van der Waals surface area contributed by atoms with Crippen molar-refractivity contribution in [3.63, 3.8) is 0 Å². The van der Waals surface area contributed by atoms with Crippen LogP contribution in [-0.4, -0.2) is 0 Å². The highest BCUT2D eigenvalue weighted by molar-refractivity contribution is 5.43. The monoisotopic (exact) mass is 267 g/mol. The number of nitrogen functional groups attached to an aromatic ring is 1. The Morgan fingerprint density at radius 2 is 1.74 bits per heavy atom. The summed E-state index contributed by atoms with van der Waals surface area (Å²) < 4.78 is 43.6. The Morgan fingerprint density at radius 1 is 1.00 bits per heavy atom. The molecule has 19 heavy (non-hydrogen) atoms. The summed E-state index contributed by atoms with van der Waals surface area (Å²) in [6.45, 7) is -0.154. The van der Waals surface area contributed by atoms with Crippen LogP contribution in [0.3, 0.4) is 0 Å². The lowest BCUT2D eigenvalue weighted by atomic mass is 10.1. The van der Waals surface area contributed by atoms with Gasteiger partial charge in [0.05, 0.1) is 5.56 Å². The third kappa shape index (κ3) is 3.40. The highest BCUT2D eigenvalue weighted by Crippen LogP contribution is 2.32. The minimum absolute atomic E-state index is 0.0948. The first-order chi connectivity index (χ1) is 8.97. The van der Waals surface area contributed by atoms with Crippen molar-refractivity contribution in [3.05, 3.63) is 59.7 Å². The molecule has 0 spiro atoms. The minimum atomic E-state index is -4.38. The molecule has 2 nitrogen and oxygen atoms in total.